The summed E-state index contributed by atoms with van der Waals surface area (Å²) in [5.74, 6) is 0.611. The molecule has 0 N–H and O–H groups in total. The van der Waals surface area contributed by atoms with E-state index in [1.807, 2.05) is 6.92 Å². The van der Waals surface area contributed by atoms with Crippen molar-refractivity contribution in [3.05, 3.63) is 88.0 Å². The second kappa shape index (κ2) is 9.29. The first-order valence-electron chi connectivity index (χ1n) is 9.17. The Hall–Kier alpha value is -3.88. The van der Waals surface area contributed by atoms with Crippen molar-refractivity contribution >= 4 is 17.6 Å². The standard InChI is InChI=1S/C22H17F3N2O4/c1-2-30-18-10-8-17(9-11-18)26-14-15-5-3-4-6-20(15)31-21-12-7-16(22(23,24)25)13-19(21)27(28)29/h3-14H,2H2,1H3. The number of ether oxygens (including phenoxy) is 2. The first-order valence-corrected chi connectivity index (χ1v) is 9.17. The lowest BCUT2D eigenvalue weighted by Crippen LogP contribution is -2.06. The van der Waals surface area contributed by atoms with Crippen LogP contribution in [0.2, 0.25) is 0 Å². The number of nitro benzene ring substituents is 1. The zero-order chi connectivity index (χ0) is 22.4. The molecule has 0 saturated carbocycles. The highest BCUT2D eigenvalue weighted by Crippen LogP contribution is 2.38. The maximum Gasteiger partial charge on any atom is 0.416 e. The maximum absolute atomic E-state index is 12.9. The van der Waals surface area contributed by atoms with Crippen LogP contribution in [0.25, 0.3) is 0 Å². The van der Waals surface area contributed by atoms with E-state index in [9.17, 15) is 23.3 Å². The van der Waals surface area contributed by atoms with Gasteiger partial charge >= 0.3 is 11.9 Å². The van der Waals surface area contributed by atoms with Crippen molar-refractivity contribution in [2.45, 2.75) is 13.1 Å². The van der Waals surface area contributed by atoms with Crippen LogP contribution in [0, 0.1) is 10.1 Å². The third-order valence-corrected chi connectivity index (χ3v) is 4.12. The number of aliphatic imine (C=N–C) groups is 1. The summed E-state index contributed by atoms with van der Waals surface area (Å²) in [5.41, 5.74) is -0.783. The minimum absolute atomic E-state index is 0.208. The van der Waals surface area contributed by atoms with Gasteiger partial charge in [0.25, 0.3) is 0 Å². The van der Waals surface area contributed by atoms with Gasteiger partial charge in [-0.2, -0.15) is 13.2 Å². The summed E-state index contributed by atoms with van der Waals surface area (Å²) in [6.07, 6.45) is -3.20. The third kappa shape index (κ3) is 5.59. The van der Waals surface area contributed by atoms with Crippen LogP contribution in [0.3, 0.4) is 0 Å². The molecule has 3 aromatic rings. The molecule has 31 heavy (non-hydrogen) atoms. The summed E-state index contributed by atoms with van der Waals surface area (Å²) in [6.45, 7) is 2.42. The SMILES string of the molecule is CCOc1ccc(N=Cc2ccccc2Oc2ccc(C(F)(F)F)cc2[N+](=O)[O-])cc1. The van der Waals surface area contributed by atoms with E-state index in [0.29, 0.717) is 29.7 Å². The van der Waals surface area contributed by atoms with Gasteiger partial charge in [-0.05, 0) is 55.5 Å². The molecule has 0 radical (unpaired) electrons. The summed E-state index contributed by atoms with van der Waals surface area (Å²) in [5, 5.41) is 11.3. The van der Waals surface area contributed by atoms with Gasteiger partial charge in [0.15, 0.2) is 0 Å². The van der Waals surface area contributed by atoms with Gasteiger partial charge in [-0.1, -0.05) is 12.1 Å². The zero-order valence-electron chi connectivity index (χ0n) is 16.3. The average molecular weight is 430 g/mol. The molecule has 0 aliphatic carbocycles. The maximum atomic E-state index is 12.9. The van der Waals surface area contributed by atoms with Crippen LogP contribution in [0.15, 0.2) is 71.7 Å². The summed E-state index contributed by atoms with van der Waals surface area (Å²) in [7, 11) is 0. The Kier molecular flexibility index (Phi) is 6.54. The van der Waals surface area contributed by atoms with Crippen LogP contribution in [-0.2, 0) is 6.18 Å². The summed E-state index contributed by atoms with van der Waals surface area (Å²) in [6, 6.07) is 15.7. The highest BCUT2D eigenvalue weighted by atomic mass is 19.4. The van der Waals surface area contributed by atoms with Gasteiger partial charge in [-0.3, -0.25) is 15.1 Å². The molecular weight excluding hydrogens is 413 g/mol. The Bertz CT molecular complexity index is 1100. The smallest absolute Gasteiger partial charge is 0.416 e. The molecule has 0 atom stereocenters. The van der Waals surface area contributed by atoms with Crippen molar-refractivity contribution in [2.75, 3.05) is 6.61 Å². The van der Waals surface area contributed by atoms with Crippen LogP contribution in [0.1, 0.15) is 18.1 Å². The molecule has 3 rings (SSSR count). The second-order valence-electron chi connectivity index (χ2n) is 6.26. The van der Waals surface area contributed by atoms with Gasteiger partial charge in [0.2, 0.25) is 5.75 Å². The summed E-state index contributed by atoms with van der Waals surface area (Å²) in [4.78, 5) is 14.7. The quantitative estimate of drug-likeness (QED) is 0.242. The number of hydrogen-bond donors (Lipinski definition) is 0. The van der Waals surface area contributed by atoms with Crippen molar-refractivity contribution in [2.24, 2.45) is 4.99 Å². The normalized spacial score (nSPS) is 11.5. The van der Waals surface area contributed by atoms with Crippen molar-refractivity contribution in [3.8, 4) is 17.2 Å². The minimum Gasteiger partial charge on any atom is -0.494 e. The van der Waals surface area contributed by atoms with E-state index in [2.05, 4.69) is 4.99 Å². The van der Waals surface area contributed by atoms with Gasteiger partial charge in [-0.25, -0.2) is 0 Å². The molecule has 6 nitrogen and oxygen atoms in total. The monoisotopic (exact) mass is 430 g/mol. The van der Waals surface area contributed by atoms with Crippen molar-refractivity contribution < 1.29 is 27.6 Å². The molecule has 3 aromatic carbocycles. The molecule has 0 aromatic heterocycles. The molecule has 0 heterocycles. The first kappa shape index (κ1) is 21.8. The molecule has 0 spiro atoms. The fourth-order valence-corrected chi connectivity index (χ4v) is 2.66. The average Bonchev–Trinajstić information content (AvgIpc) is 2.73. The summed E-state index contributed by atoms with van der Waals surface area (Å²) < 4.78 is 49.6. The molecule has 160 valence electrons. The number of rotatable bonds is 7. The van der Waals surface area contributed by atoms with E-state index in [1.165, 1.54) is 6.21 Å². The second-order valence-corrected chi connectivity index (χ2v) is 6.26. The van der Waals surface area contributed by atoms with Crippen molar-refractivity contribution in [3.63, 3.8) is 0 Å². The molecule has 0 aliphatic rings. The van der Waals surface area contributed by atoms with E-state index in [-0.39, 0.29) is 11.5 Å². The van der Waals surface area contributed by atoms with Crippen LogP contribution < -0.4 is 9.47 Å². The number of nitro groups is 1. The van der Waals surface area contributed by atoms with Crippen LogP contribution in [0.5, 0.6) is 17.2 Å². The number of para-hydroxylation sites is 1. The molecule has 0 unspecified atom stereocenters. The topological polar surface area (TPSA) is 74.0 Å². The molecule has 0 amide bonds. The van der Waals surface area contributed by atoms with Gasteiger partial charge in [0, 0.05) is 17.8 Å². The Morgan fingerprint density at radius 2 is 1.74 bits per heavy atom. The van der Waals surface area contributed by atoms with E-state index < -0.39 is 22.4 Å². The molecule has 0 fully saturated rings. The zero-order valence-corrected chi connectivity index (χ0v) is 16.3. The third-order valence-electron chi connectivity index (χ3n) is 4.12. The van der Waals surface area contributed by atoms with E-state index in [4.69, 9.17) is 9.47 Å². The number of nitrogens with zero attached hydrogens (tertiary/aromatic N) is 2. The number of hydrogen-bond acceptors (Lipinski definition) is 5. The van der Waals surface area contributed by atoms with Crippen LogP contribution in [0.4, 0.5) is 24.5 Å². The van der Waals surface area contributed by atoms with Gasteiger partial charge < -0.3 is 9.47 Å². The highest BCUT2D eigenvalue weighted by molar-refractivity contribution is 5.85. The molecule has 0 bridgehead atoms. The van der Waals surface area contributed by atoms with E-state index in [1.54, 1.807) is 48.5 Å². The van der Waals surface area contributed by atoms with Gasteiger partial charge in [0.05, 0.1) is 22.8 Å². The number of alkyl halides is 3. The molecule has 0 saturated heterocycles. The van der Waals surface area contributed by atoms with Crippen LogP contribution in [-0.4, -0.2) is 17.7 Å². The summed E-state index contributed by atoms with van der Waals surface area (Å²) >= 11 is 0. The van der Waals surface area contributed by atoms with Gasteiger partial charge in [-0.15, -0.1) is 0 Å². The van der Waals surface area contributed by atoms with E-state index >= 15 is 0 Å². The predicted octanol–water partition coefficient (Wildman–Crippen LogP) is 6.56. The van der Waals surface area contributed by atoms with E-state index in [0.717, 1.165) is 12.1 Å². The molecule has 9 heteroatoms. The Morgan fingerprint density at radius 1 is 1.03 bits per heavy atom. The lowest BCUT2D eigenvalue weighted by molar-refractivity contribution is -0.385. The predicted molar refractivity (Wildman–Crippen MR) is 109 cm³/mol. The lowest BCUT2D eigenvalue weighted by atomic mass is 10.1. The Balaban J connectivity index is 1.88. The van der Waals surface area contributed by atoms with Crippen LogP contribution >= 0.6 is 0 Å². The molecule has 0 aliphatic heterocycles. The minimum atomic E-state index is -4.70. The highest BCUT2D eigenvalue weighted by Gasteiger charge is 2.33. The first-order chi connectivity index (χ1) is 14.8. The fraction of sp³-hybridized carbons (Fsp3) is 0.136. The van der Waals surface area contributed by atoms with Gasteiger partial charge in [0.1, 0.15) is 11.5 Å². The lowest BCUT2D eigenvalue weighted by Gasteiger charge is -2.11. The Labute approximate surface area is 175 Å². The largest absolute Gasteiger partial charge is 0.494 e. The fourth-order valence-electron chi connectivity index (χ4n) is 2.66. The number of benzene rings is 3. The molecular formula is C22H17F3N2O4. The van der Waals surface area contributed by atoms with Crippen molar-refractivity contribution in [1.29, 1.82) is 0 Å². The van der Waals surface area contributed by atoms with Crippen molar-refractivity contribution in [1.82, 2.24) is 0 Å². The Morgan fingerprint density at radius 3 is 2.39 bits per heavy atom. The number of halogens is 3.